The average molecular weight is 272 g/mol. The van der Waals surface area contributed by atoms with Crippen LogP contribution in [0.4, 0.5) is 0 Å². The van der Waals surface area contributed by atoms with Crippen molar-refractivity contribution in [3.05, 3.63) is 47.0 Å². The summed E-state index contributed by atoms with van der Waals surface area (Å²) >= 11 is 3.36. The van der Waals surface area contributed by atoms with Crippen molar-refractivity contribution in [3.8, 4) is 0 Å². The average Bonchev–Trinajstić information content (AvgIpc) is 2.68. The highest BCUT2D eigenvalue weighted by Crippen LogP contribution is 2.32. The topological polar surface area (TPSA) is 25.8 Å². The summed E-state index contributed by atoms with van der Waals surface area (Å²) in [6, 6.07) is 12.3. The van der Waals surface area contributed by atoms with E-state index in [1.54, 1.807) is 23.1 Å². The molecule has 90 valence electrons. The van der Waals surface area contributed by atoms with E-state index in [-0.39, 0.29) is 0 Å². The van der Waals surface area contributed by atoms with Crippen molar-refractivity contribution in [2.24, 2.45) is 0 Å². The van der Waals surface area contributed by atoms with Crippen molar-refractivity contribution in [3.63, 3.8) is 0 Å². The minimum atomic E-state index is 1.00. The van der Waals surface area contributed by atoms with Gasteiger partial charge >= 0.3 is 0 Å². The lowest BCUT2D eigenvalue weighted by molar-refractivity contribution is 1.12. The minimum absolute atomic E-state index is 1.00. The molecule has 0 unspecified atom stereocenters. The number of hydrogen-bond acceptors (Lipinski definition) is 4. The van der Waals surface area contributed by atoms with Gasteiger partial charge in [0.25, 0.3) is 0 Å². The molecule has 1 aromatic carbocycles. The normalized spacial score (nSPS) is 11.0. The predicted molar refractivity (Wildman–Crippen MR) is 77.5 cm³/mol. The van der Waals surface area contributed by atoms with Crippen molar-refractivity contribution >= 4 is 34.0 Å². The number of para-hydroxylation sites is 1. The van der Waals surface area contributed by atoms with Crippen molar-refractivity contribution in [1.82, 2.24) is 9.97 Å². The Morgan fingerprint density at radius 1 is 1.00 bits per heavy atom. The highest BCUT2D eigenvalue weighted by Gasteiger charge is 2.06. The van der Waals surface area contributed by atoms with Crippen LogP contribution in [0.15, 0.2) is 45.8 Å². The first-order valence-corrected chi connectivity index (χ1v) is 7.33. The second-order valence-electron chi connectivity index (χ2n) is 4.07. The predicted octanol–water partition coefficient (Wildman–Crippen LogP) is 4.46. The van der Waals surface area contributed by atoms with E-state index in [0.717, 1.165) is 20.6 Å². The second-order valence-corrected chi connectivity index (χ2v) is 6.54. The first-order chi connectivity index (χ1) is 8.72. The molecule has 18 heavy (non-hydrogen) atoms. The Kier molecular flexibility index (Phi) is 3.06. The zero-order valence-corrected chi connectivity index (χ0v) is 11.8. The van der Waals surface area contributed by atoms with Crippen LogP contribution in [0.3, 0.4) is 0 Å². The smallest absolute Gasteiger partial charge is 0.156 e. The van der Waals surface area contributed by atoms with Crippen LogP contribution < -0.4 is 0 Å². The Labute approximate surface area is 114 Å². The maximum absolute atomic E-state index is 4.64. The van der Waals surface area contributed by atoms with Crippen LogP contribution >= 0.6 is 23.1 Å². The fourth-order valence-corrected chi connectivity index (χ4v) is 3.76. The monoisotopic (exact) mass is 272 g/mol. The summed E-state index contributed by atoms with van der Waals surface area (Å²) in [4.78, 5) is 10.4. The number of aromatic nitrogens is 2. The van der Waals surface area contributed by atoms with E-state index in [2.05, 4.69) is 35.1 Å². The molecule has 2 aromatic heterocycles. The fourth-order valence-electron chi connectivity index (χ4n) is 1.68. The van der Waals surface area contributed by atoms with E-state index >= 15 is 0 Å². The van der Waals surface area contributed by atoms with Gasteiger partial charge in [0.1, 0.15) is 5.03 Å². The number of aryl methyl sites for hydroxylation is 2. The molecule has 0 saturated carbocycles. The molecule has 3 aromatic rings. The molecule has 0 atom stereocenters. The highest BCUT2D eigenvalue weighted by molar-refractivity contribution is 8.01. The number of nitrogens with zero attached hydrogens (tertiary/aromatic N) is 2. The Bertz CT molecular complexity index is 684. The lowest BCUT2D eigenvalue weighted by Gasteiger charge is -2.00. The van der Waals surface area contributed by atoms with E-state index in [1.165, 1.54) is 10.3 Å². The summed E-state index contributed by atoms with van der Waals surface area (Å²) in [5.74, 6) is 0. The molecule has 0 aliphatic heterocycles. The van der Waals surface area contributed by atoms with E-state index in [4.69, 9.17) is 0 Å². The summed E-state index contributed by atoms with van der Waals surface area (Å²) in [5.41, 5.74) is 2.15. The maximum Gasteiger partial charge on any atom is 0.156 e. The zero-order chi connectivity index (χ0) is 12.5. The molecule has 0 bridgehead atoms. The number of benzene rings is 1. The molecule has 0 spiro atoms. The number of rotatable bonds is 2. The van der Waals surface area contributed by atoms with Gasteiger partial charge in [-0.15, -0.1) is 11.3 Å². The van der Waals surface area contributed by atoms with Gasteiger partial charge in [0.05, 0.1) is 11.2 Å². The molecule has 2 nitrogen and oxygen atoms in total. The number of pyridine rings is 1. The van der Waals surface area contributed by atoms with Crippen LogP contribution in [-0.4, -0.2) is 9.97 Å². The highest BCUT2D eigenvalue weighted by atomic mass is 32.2. The maximum atomic E-state index is 4.64. The molecular weight excluding hydrogens is 260 g/mol. The largest absolute Gasteiger partial charge is 0.241 e. The third-order valence-corrected chi connectivity index (χ3v) is 4.84. The number of hydrogen-bond donors (Lipinski definition) is 0. The van der Waals surface area contributed by atoms with E-state index < -0.39 is 0 Å². The number of thiazole rings is 1. The third-order valence-electron chi connectivity index (χ3n) is 2.77. The summed E-state index contributed by atoms with van der Waals surface area (Å²) in [6.45, 7) is 4.15. The molecular formula is C14H12N2S2. The number of fused-ring (bicyclic) bond motifs is 1. The molecule has 0 aliphatic carbocycles. The Balaban J connectivity index is 1.95. The van der Waals surface area contributed by atoms with Gasteiger partial charge in [-0.05, 0) is 37.7 Å². The van der Waals surface area contributed by atoms with Crippen molar-refractivity contribution in [2.45, 2.75) is 23.2 Å². The molecule has 0 radical (unpaired) electrons. The van der Waals surface area contributed by atoms with Gasteiger partial charge in [-0.25, -0.2) is 9.97 Å². The van der Waals surface area contributed by atoms with Crippen LogP contribution in [0.1, 0.15) is 10.6 Å². The summed E-state index contributed by atoms with van der Waals surface area (Å²) in [6.07, 6.45) is 0. The van der Waals surface area contributed by atoms with Gasteiger partial charge in [0, 0.05) is 10.3 Å². The zero-order valence-electron chi connectivity index (χ0n) is 10.2. The lowest BCUT2D eigenvalue weighted by atomic mass is 10.2. The van der Waals surface area contributed by atoms with Gasteiger partial charge in [-0.3, -0.25) is 0 Å². The van der Waals surface area contributed by atoms with Gasteiger partial charge in [0.15, 0.2) is 4.34 Å². The van der Waals surface area contributed by atoms with Crippen LogP contribution in [0.2, 0.25) is 0 Å². The van der Waals surface area contributed by atoms with Gasteiger partial charge in [-0.2, -0.15) is 0 Å². The standard InChI is InChI=1S/C14H12N2S2/c1-9-10(2)17-14(15-9)18-13-8-7-11-5-3-4-6-12(11)16-13/h3-8H,1-2H3. The second kappa shape index (κ2) is 4.71. The van der Waals surface area contributed by atoms with E-state index in [0.29, 0.717) is 0 Å². The minimum Gasteiger partial charge on any atom is -0.241 e. The van der Waals surface area contributed by atoms with Crippen molar-refractivity contribution in [2.75, 3.05) is 0 Å². The molecule has 2 heterocycles. The molecule has 0 aliphatic rings. The molecule has 4 heteroatoms. The molecule has 0 N–H and O–H groups in total. The molecule has 0 fully saturated rings. The lowest BCUT2D eigenvalue weighted by Crippen LogP contribution is -1.82. The first-order valence-electron chi connectivity index (χ1n) is 5.70. The quantitative estimate of drug-likeness (QED) is 0.689. The van der Waals surface area contributed by atoms with Crippen molar-refractivity contribution < 1.29 is 0 Å². The SMILES string of the molecule is Cc1nc(Sc2ccc3ccccc3n2)sc1C. The van der Waals surface area contributed by atoms with E-state index in [9.17, 15) is 0 Å². The van der Waals surface area contributed by atoms with Crippen LogP contribution in [0.25, 0.3) is 10.9 Å². The van der Waals surface area contributed by atoms with Crippen molar-refractivity contribution in [1.29, 1.82) is 0 Å². The Morgan fingerprint density at radius 3 is 2.61 bits per heavy atom. The van der Waals surface area contributed by atoms with Gasteiger partial charge < -0.3 is 0 Å². The van der Waals surface area contributed by atoms with Gasteiger partial charge in [-0.1, -0.05) is 24.3 Å². The molecule has 0 saturated heterocycles. The Hall–Kier alpha value is -1.39. The van der Waals surface area contributed by atoms with Crippen LogP contribution in [0, 0.1) is 13.8 Å². The van der Waals surface area contributed by atoms with Crippen LogP contribution in [0.5, 0.6) is 0 Å². The fraction of sp³-hybridized carbons (Fsp3) is 0.143. The first kappa shape index (κ1) is 11.7. The summed E-state index contributed by atoms with van der Waals surface area (Å²) < 4.78 is 1.06. The molecule has 3 rings (SSSR count). The molecule has 0 amide bonds. The Morgan fingerprint density at radius 2 is 1.83 bits per heavy atom. The van der Waals surface area contributed by atoms with E-state index in [1.807, 2.05) is 25.1 Å². The van der Waals surface area contributed by atoms with Crippen LogP contribution in [-0.2, 0) is 0 Å². The van der Waals surface area contributed by atoms with Gasteiger partial charge in [0.2, 0.25) is 0 Å². The summed E-state index contributed by atoms with van der Waals surface area (Å²) in [5, 5.41) is 2.18. The third kappa shape index (κ3) is 2.26. The summed E-state index contributed by atoms with van der Waals surface area (Å²) in [7, 11) is 0.